The molecule has 0 N–H and O–H groups in total. The minimum Gasteiger partial charge on any atom is -0.607 e. The first-order valence-electron chi connectivity index (χ1n) is 4.00. The molecule has 70 valence electrons. The maximum Gasteiger partial charge on any atom is 1.00 e. The summed E-state index contributed by atoms with van der Waals surface area (Å²) in [6.45, 7) is 0. The van der Waals surface area contributed by atoms with Crippen LogP contribution in [-0.2, 0) is 4.79 Å². The largest absolute Gasteiger partial charge is 1.00 e. The fraction of sp³-hybridized carbons (Fsp3) is 0. The van der Waals surface area contributed by atoms with Crippen LogP contribution in [0, 0.1) is 0 Å². The maximum atomic E-state index is 11.2. The molecule has 0 aliphatic carbocycles. The average molecular weight is 243 g/mol. The van der Waals surface area contributed by atoms with Crippen molar-refractivity contribution in [2.24, 2.45) is 0 Å². The van der Waals surface area contributed by atoms with Gasteiger partial charge in [-0.2, -0.15) is 0 Å². The summed E-state index contributed by atoms with van der Waals surface area (Å²) in [5, 5.41) is 3.65. The SMILES string of the molecule is O=C1[N-]C(=S)S/C1=C/c1ccccc1.[Na+]. The summed E-state index contributed by atoms with van der Waals surface area (Å²) in [5.41, 5.74) is 0.989. The Hall–Kier alpha value is -0.130. The van der Waals surface area contributed by atoms with Crippen molar-refractivity contribution in [3.63, 3.8) is 0 Å². The van der Waals surface area contributed by atoms with E-state index in [2.05, 4.69) is 5.32 Å². The number of rotatable bonds is 1. The first-order valence-corrected chi connectivity index (χ1v) is 5.23. The van der Waals surface area contributed by atoms with Crippen molar-refractivity contribution in [2.45, 2.75) is 0 Å². The topological polar surface area (TPSA) is 31.2 Å². The van der Waals surface area contributed by atoms with Gasteiger partial charge in [0.1, 0.15) is 0 Å². The summed E-state index contributed by atoms with van der Waals surface area (Å²) in [6.07, 6.45) is 1.80. The number of hydrogen-bond donors (Lipinski definition) is 0. The quantitative estimate of drug-likeness (QED) is 0.394. The van der Waals surface area contributed by atoms with E-state index >= 15 is 0 Å². The van der Waals surface area contributed by atoms with Gasteiger partial charge >= 0.3 is 29.6 Å². The molecule has 1 aliphatic heterocycles. The number of nitrogens with zero attached hydrogens (tertiary/aromatic N) is 1. The molecule has 0 bridgehead atoms. The zero-order chi connectivity index (χ0) is 9.97. The molecule has 1 aromatic rings. The molecular weight excluding hydrogens is 237 g/mol. The predicted molar refractivity (Wildman–Crippen MR) is 63.0 cm³/mol. The Labute approximate surface area is 120 Å². The zero-order valence-corrected chi connectivity index (χ0v) is 11.8. The Morgan fingerprint density at radius 3 is 2.47 bits per heavy atom. The van der Waals surface area contributed by atoms with Crippen molar-refractivity contribution < 1.29 is 34.4 Å². The fourth-order valence-electron chi connectivity index (χ4n) is 1.09. The average Bonchev–Trinajstić information content (AvgIpc) is 2.47. The van der Waals surface area contributed by atoms with Crippen LogP contribution in [0.15, 0.2) is 35.2 Å². The van der Waals surface area contributed by atoms with E-state index in [1.807, 2.05) is 30.3 Å². The number of carbonyl (C=O) groups excluding carboxylic acids is 1. The molecule has 15 heavy (non-hydrogen) atoms. The van der Waals surface area contributed by atoms with Crippen LogP contribution < -0.4 is 29.6 Å². The minimum atomic E-state index is -0.233. The monoisotopic (exact) mass is 243 g/mol. The van der Waals surface area contributed by atoms with Crippen molar-refractivity contribution >= 4 is 40.3 Å². The summed E-state index contributed by atoms with van der Waals surface area (Å²) >= 11 is 6.07. The summed E-state index contributed by atoms with van der Waals surface area (Å²) in [7, 11) is 0. The van der Waals surface area contributed by atoms with E-state index in [1.165, 1.54) is 11.8 Å². The van der Waals surface area contributed by atoms with Crippen molar-refractivity contribution in [1.82, 2.24) is 0 Å². The summed E-state index contributed by atoms with van der Waals surface area (Å²) in [4.78, 5) is 11.8. The van der Waals surface area contributed by atoms with Crippen LogP contribution >= 0.6 is 24.0 Å². The van der Waals surface area contributed by atoms with Gasteiger partial charge in [-0.15, -0.1) is 11.8 Å². The number of hydrogen-bond acceptors (Lipinski definition) is 3. The maximum absolute atomic E-state index is 11.2. The summed E-state index contributed by atoms with van der Waals surface area (Å²) in [5.74, 6) is -0.233. The van der Waals surface area contributed by atoms with Crippen LogP contribution in [0.1, 0.15) is 5.56 Å². The number of thioether (sulfide) groups is 1. The molecule has 0 spiro atoms. The van der Waals surface area contributed by atoms with Crippen molar-refractivity contribution in [1.29, 1.82) is 0 Å². The van der Waals surface area contributed by atoms with Crippen LogP contribution in [0.3, 0.4) is 0 Å². The van der Waals surface area contributed by atoms with E-state index in [0.717, 1.165) is 5.56 Å². The first-order chi connectivity index (χ1) is 6.75. The van der Waals surface area contributed by atoms with E-state index < -0.39 is 0 Å². The molecule has 1 aromatic carbocycles. The van der Waals surface area contributed by atoms with E-state index in [-0.39, 0.29) is 35.5 Å². The van der Waals surface area contributed by atoms with Gasteiger partial charge in [-0.1, -0.05) is 42.5 Å². The normalized spacial score (nSPS) is 17.5. The molecule has 1 aliphatic rings. The fourth-order valence-corrected chi connectivity index (χ4v) is 2.09. The second-order valence-electron chi connectivity index (χ2n) is 2.70. The van der Waals surface area contributed by atoms with Gasteiger partial charge in [0.2, 0.25) is 0 Å². The van der Waals surface area contributed by atoms with Gasteiger partial charge in [0.05, 0.1) is 5.91 Å². The molecule has 0 aromatic heterocycles. The van der Waals surface area contributed by atoms with Crippen molar-refractivity contribution in [3.8, 4) is 0 Å². The minimum absolute atomic E-state index is 0. The van der Waals surface area contributed by atoms with E-state index in [4.69, 9.17) is 12.2 Å². The molecular formula is C10H6NNaOS2. The number of carbonyl (C=O) groups is 1. The van der Waals surface area contributed by atoms with Gasteiger partial charge in [0.25, 0.3) is 0 Å². The number of benzene rings is 1. The third kappa shape index (κ3) is 3.43. The molecule has 2 nitrogen and oxygen atoms in total. The molecule has 1 fully saturated rings. The number of thiocarbonyl (C=S) groups is 1. The Morgan fingerprint density at radius 2 is 1.93 bits per heavy atom. The van der Waals surface area contributed by atoms with E-state index in [9.17, 15) is 4.79 Å². The predicted octanol–water partition coefficient (Wildman–Crippen LogP) is -0.0365. The van der Waals surface area contributed by atoms with E-state index in [0.29, 0.717) is 9.23 Å². The van der Waals surface area contributed by atoms with Crippen LogP contribution in [0.25, 0.3) is 11.4 Å². The van der Waals surface area contributed by atoms with Gasteiger partial charge in [-0.3, -0.25) is 0 Å². The molecule has 1 amide bonds. The Balaban J connectivity index is 0.00000112. The second-order valence-corrected chi connectivity index (χ2v) is 4.38. The summed E-state index contributed by atoms with van der Waals surface area (Å²) in [6, 6.07) is 9.64. The third-order valence-electron chi connectivity index (χ3n) is 1.70. The molecule has 1 heterocycles. The molecule has 5 heteroatoms. The molecule has 2 rings (SSSR count). The first kappa shape index (κ1) is 12.9. The second kappa shape index (κ2) is 5.82. The molecule has 0 atom stereocenters. The van der Waals surface area contributed by atoms with Gasteiger partial charge < -0.3 is 10.1 Å². The molecule has 0 radical (unpaired) electrons. The van der Waals surface area contributed by atoms with Gasteiger partial charge in [-0.25, -0.2) is 0 Å². The third-order valence-corrected chi connectivity index (χ3v) is 2.82. The van der Waals surface area contributed by atoms with Crippen LogP contribution in [-0.4, -0.2) is 10.2 Å². The van der Waals surface area contributed by atoms with Gasteiger partial charge in [0, 0.05) is 4.91 Å². The Bertz CT molecular complexity index is 417. The zero-order valence-electron chi connectivity index (χ0n) is 8.14. The molecule has 0 saturated carbocycles. The smallest absolute Gasteiger partial charge is 0.607 e. The van der Waals surface area contributed by atoms with Gasteiger partial charge in [-0.05, 0) is 16.0 Å². The Morgan fingerprint density at radius 1 is 1.27 bits per heavy atom. The number of amides is 1. The van der Waals surface area contributed by atoms with E-state index in [1.54, 1.807) is 6.08 Å². The van der Waals surface area contributed by atoms with Crippen LogP contribution in [0.5, 0.6) is 0 Å². The van der Waals surface area contributed by atoms with Crippen molar-refractivity contribution in [2.75, 3.05) is 0 Å². The van der Waals surface area contributed by atoms with Crippen LogP contribution in [0.2, 0.25) is 0 Å². The summed E-state index contributed by atoms with van der Waals surface area (Å²) < 4.78 is 0.400. The van der Waals surface area contributed by atoms with Gasteiger partial charge in [0.15, 0.2) is 0 Å². The van der Waals surface area contributed by atoms with Crippen molar-refractivity contribution in [3.05, 3.63) is 46.1 Å². The molecule has 0 unspecified atom stereocenters. The standard InChI is InChI=1S/C10H7NOS2.Na/c12-9-8(14-10(13)11-9)6-7-4-2-1-3-5-7;/h1-6H,(H,11,12,13);/q;+1/p-1/b8-6+;. The van der Waals surface area contributed by atoms with Crippen LogP contribution in [0.4, 0.5) is 0 Å². The molecule has 1 saturated heterocycles. The Kier molecular flexibility index (Phi) is 5.02.